The van der Waals surface area contributed by atoms with Gasteiger partial charge in [0.1, 0.15) is 52.5 Å². The number of ether oxygens (including phenoxy) is 2. The topological polar surface area (TPSA) is 207 Å². The summed E-state index contributed by atoms with van der Waals surface area (Å²) in [5.74, 6) is -3.61. The van der Waals surface area contributed by atoms with Gasteiger partial charge in [-0.2, -0.15) is 0 Å². The van der Waals surface area contributed by atoms with Gasteiger partial charge in [-0.05, 0) is 18.2 Å². The largest absolute Gasteiger partial charge is 0.507 e. The van der Waals surface area contributed by atoms with Gasteiger partial charge in [0.25, 0.3) is 0 Å². The molecule has 0 radical (unpaired) electrons. The minimum atomic E-state index is -1.87. The number of carbonyl (C=O) groups excluding carboxylic acids is 1. The van der Waals surface area contributed by atoms with E-state index in [0.29, 0.717) is 0 Å². The van der Waals surface area contributed by atoms with E-state index >= 15 is 0 Å². The second kappa shape index (κ2) is 9.50. The van der Waals surface area contributed by atoms with Gasteiger partial charge in [0.05, 0.1) is 23.1 Å². The number of carbonyl (C=O) groups is 1. The zero-order chi connectivity index (χ0) is 27.3. The van der Waals surface area contributed by atoms with Crippen molar-refractivity contribution in [1.29, 1.82) is 0 Å². The lowest BCUT2D eigenvalue weighted by atomic mass is 9.89. The van der Waals surface area contributed by atoms with Crippen LogP contribution in [0.1, 0.15) is 22.0 Å². The Morgan fingerprint density at radius 2 is 1.55 bits per heavy atom. The van der Waals surface area contributed by atoms with E-state index in [4.69, 9.17) is 13.9 Å². The number of phenols is 4. The van der Waals surface area contributed by atoms with E-state index in [-0.39, 0.29) is 22.1 Å². The van der Waals surface area contributed by atoms with Crippen molar-refractivity contribution < 1.29 is 54.4 Å². The van der Waals surface area contributed by atoms with E-state index in [0.717, 1.165) is 18.2 Å². The fraction of sp³-hybridized carbons (Fsp3) is 0.231. The summed E-state index contributed by atoms with van der Waals surface area (Å²) in [5, 5.41) is 72.2. The quantitative estimate of drug-likeness (QED) is 0.114. The van der Waals surface area contributed by atoms with E-state index < -0.39 is 82.5 Å². The molecule has 3 aromatic carbocycles. The fourth-order valence-corrected chi connectivity index (χ4v) is 4.53. The van der Waals surface area contributed by atoms with E-state index in [1.165, 1.54) is 12.1 Å². The lowest BCUT2D eigenvalue weighted by Crippen LogP contribution is -2.56. The minimum absolute atomic E-state index is 0.116. The second-order valence-corrected chi connectivity index (χ2v) is 8.79. The first-order valence-electron chi connectivity index (χ1n) is 11.4. The molecule has 0 spiro atoms. The summed E-state index contributed by atoms with van der Waals surface area (Å²) in [6.45, 7) is -0.783. The molecule has 5 rings (SSSR count). The van der Waals surface area contributed by atoms with Crippen molar-refractivity contribution in [2.45, 2.75) is 30.5 Å². The molecule has 1 aliphatic rings. The molecule has 0 bridgehead atoms. The molecule has 12 nitrogen and oxygen atoms in total. The van der Waals surface area contributed by atoms with Crippen LogP contribution < -0.4 is 5.43 Å². The highest BCUT2D eigenvalue weighted by Gasteiger charge is 2.49. The lowest BCUT2D eigenvalue weighted by molar-refractivity contribution is -0.232. The highest BCUT2D eigenvalue weighted by Crippen LogP contribution is 2.45. The first kappa shape index (κ1) is 25.3. The Labute approximate surface area is 212 Å². The van der Waals surface area contributed by atoms with Crippen LogP contribution in [0.3, 0.4) is 0 Å². The van der Waals surface area contributed by atoms with Gasteiger partial charge in [-0.25, -0.2) is 4.79 Å². The molecule has 0 saturated carbocycles. The molecular formula is C26H22O12. The number of phenolic OH excluding ortho intramolecular Hbond substituents is 4. The summed E-state index contributed by atoms with van der Waals surface area (Å²) in [6, 6.07) is 10.6. The highest BCUT2D eigenvalue weighted by atomic mass is 16.6. The third-order valence-corrected chi connectivity index (χ3v) is 6.45. The van der Waals surface area contributed by atoms with Crippen LogP contribution in [-0.2, 0) is 9.47 Å². The van der Waals surface area contributed by atoms with E-state index in [9.17, 15) is 45.3 Å². The number of aliphatic hydroxyl groups is 3. The summed E-state index contributed by atoms with van der Waals surface area (Å²) in [5.41, 5.74) is -1.65. The molecule has 0 aliphatic carbocycles. The molecular weight excluding hydrogens is 504 g/mol. The van der Waals surface area contributed by atoms with Crippen LogP contribution in [0.15, 0.2) is 57.7 Å². The third kappa shape index (κ3) is 4.05. The Balaban J connectivity index is 1.62. The van der Waals surface area contributed by atoms with Crippen molar-refractivity contribution in [2.75, 3.05) is 6.61 Å². The predicted molar refractivity (Wildman–Crippen MR) is 129 cm³/mol. The third-order valence-electron chi connectivity index (χ3n) is 6.45. The second-order valence-electron chi connectivity index (χ2n) is 8.79. The van der Waals surface area contributed by atoms with Gasteiger partial charge in [0.2, 0.25) is 5.43 Å². The molecule has 1 aliphatic heterocycles. The van der Waals surface area contributed by atoms with Gasteiger partial charge >= 0.3 is 5.97 Å². The molecule has 5 unspecified atom stereocenters. The van der Waals surface area contributed by atoms with Crippen LogP contribution in [0.4, 0.5) is 0 Å². The van der Waals surface area contributed by atoms with Crippen LogP contribution in [0.2, 0.25) is 0 Å². The number of hydrogen-bond donors (Lipinski definition) is 7. The zero-order valence-electron chi connectivity index (χ0n) is 19.4. The number of rotatable bonds is 4. The van der Waals surface area contributed by atoms with Gasteiger partial charge in [-0.15, -0.1) is 0 Å². The van der Waals surface area contributed by atoms with Gasteiger partial charge in [0, 0.05) is 12.1 Å². The molecule has 1 aromatic heterocycles. The predicted octanol–water partition coefficient (Wildman–Crippen LogP) is 1.15. The van der Waals surface area contributed by atoms with Crippen LogP contribution in [0.5, 0.6) is 23.0 Å². The van der Waals surface area contributed by atoms with Gasteiger partial charge in [-0.3, -0.25) is 4.79 Å². The van der Waals surface area contributed by atoms with Gasteiger partial charge in [0.15, 0.2) is 17.6 Å². The van der Waals surface area contributed by atoms with E-state index in [2.05, 4.69) is 0 Å². The SMILES string of the molecule is O=C(OC1C(O)C(CO)OC(c2c(O)cc3oc4cc(O)c(O)cc4c(=O)c3c2O)C1O)c1ccccc1. The minimum Gasteiger partial charge on any atom is -0.507 e. The fourth-order valence-electron chi connectivity index (χ4n) is 4.53. The molecule has 0 amide bonds. The maximum absolute atomic E-state index is 13.2. The molecule has 1 saturated heterocycles. The van der Waals surface area contributed by atoms with Gasteiger partial charge < -0.3 is 49.6 Å². The van der Waals surface area contributed by atoms with Crippen molar-refractivity contribution in [1.82, 2.24) is 0 Å². The monoisotopic (exact) mass is 526 g/mol. The first-order valence-corrected chi connectivity index (χ1v) is 11.4. The molecule has 38 heavy (non-hydrogen) atoms. The molecule has 7 N–H and O–H groups in total. The Hall–Kier alpha value is -4.36. The van der Waals surface area contributed by atoms with Crippen LogP contribution >= 0.6 is 0 Å². The summed E-state index contributed by atoms with van der Waals surface area (Å²) < 4.78 is 16.4. The van der Waals surface area contributed by atoms with Crippen LogP contribution in [0.25, 0.3) is 21.9 Å². The number of hydrogen-bond acceptors (Lipinski definition) is 12. The lowest BCUT2D eigenvalue weighted by Gasteiger charge is -2.42. The summed E-state index contributed by atoms with van der Waals surface area (Å²) in [7, 11) is 0. The summed E-state index contributed by atoms with van der Waals surface area (Å²) in [4.78, 5) is 25.8. The number of aliphatic hydroxyl groups excluding tert-OH is 3. The number of aromatic hydroxyl groups is 4. The van der Waals surface area contributed by atoms with E-state index in [1.54, 1.807) is 18.2 Å². The molecule has 5 atom stereocenters. The average Bonchev–Trinajstić information content (AvgIpc) is 2.89. The standard InChI is InChI=1S/C26H22O12/c27-9-17-21(32)25(38-26(35)10-4-2-1-3-5-10)23(34)24(37-17)18-14(30)8-16-19(22(18)33)20(31)11-6-12(28)13(29)7-15(11)36-16/h1-8,17,21,23-25,27-30,32-34H,9H2. The smallest absolute Gasteiger partial charge is 0.338 e. The van der Waals surface area contributed by atoms with Crippen molar-refractivity contribution in [2.24, 2.45) is 0 Å². The maximum Gasteiger partial charge on any atom is 0.338 e. The summed E-state index contributed by atoms with van der Waals surface area (Å²) >= 11 is 0. The Morgan fingerprint density at radius 1 is 0.895 bits per heavy atom. The molecule has 198 valence electrons. The molecule has 4 aromatic rings. The first-order chi connectivity index (χ1) is 18.1. The Kier molecular flexibility index (Phi) is 6.33. The van der Waals surface area contributed by atoms with Gasteiger partial charge in [-0.1, -0.05) is 18.2 Å². The maximum atomic E-state index is 13.2. The zero-order valence-corrected chi connectivity index (χ0v) is 19.4. The van der Waals surface area contributed by atoms with E-state index in [1.807, 2.05) is 0 Å². The van der Waals surface area contributed by atoms with Crippen LogP contribution in [0, 0.1) is 0 Å². The normalized spacial score (nSPS) is 23.5. The van der Waals surface area contributed by atoms with Crippen molar-refractivity contribution in [3.8, 4) is 23.0 Å². The summed E-state index contributed by atoms with van der Waals surface area (Å²) in [6.07, 6.45) is -8.33. The number of benzene rings is 3. The van der Waals surface area contributed by atoms with Crippen molar-refractivity contribution >= 4 is 27.9 Å². The van der Waals surface area contributed by atoms with Crippen molar-refractivity contribution in [3.63, 3.8) is 0 Å². The Bertz CT molecular complexity index is 1600. The highest BCUT2D eigenvalue weighted by molar-refractivity contribution is 5.96. The molecule has 2 heterocycles. The average molecular weight is 526 g/mol. The molecule has 12 heteroatoms. The Morgan fingerprint density at radius 3 is 2.24 bits per heavy atom. The number of fused-ring (bicyclic) bond motifs is 2. The molecule has 1 fully saturated rings. The number of esters is 1. The van der Waals surface area contributed by atoms with Crippen LogP contribution in [-0.4, -0.2) is 72.7 Å². The van der Waals surface area contributed by atoms with Crippen molar-refractivity contribution in [3.05, 3.63) is 69.9 Å².